The smallest absolute Gasteiger partial charge is 0.481 e. The van der Waals surface area contributed by atoms with Gasteiger partial charge in [-0.2, -0.15) is 9.78 Å². The summed E-state index contributed by atoms with van der Waals surface area (Å²) in [7, 11) is 0. The van der Waals surface area contributed by atoms with E-state index in [1.54, 1.807) is 0 Å². The van der Waals surface area contributed by atoms with Crippen LogP contribution in [0.3, 0.4) is 0 Å². The molecule has 4 aromatic heterocycles. The fourth-order valence-electron chi connectivity index (χ4n) is 11.6. The van der Waals surface area contributed by atoms with E-state index in [0.717, 1.165) is 119 Å². The molecule has 1 aliphatic heterocycles. The van der Waals surface area contributed by atoms with Crippen LogP contribution in [0.25, 0.3) is 68.4 Å². The summed E-state index contributed by atoms with van der Waals surface area (Å²) in [5.41, 5.74) is 16.8. The molecule has 0 radical (unpaired) electrons. The Balaban J connectivity index is 0.000000704. The minimum Gasteiger partial charge on any atom is -0.481 e. The molecule has 5 heterocycles. The number of aliphatic carboxylic acids is 1. The van der Waals surface area contributed by atoms with Crippen LogP contribution in [-0.4, -0.2) is 95.3 Å². The van der Waals surface area contributed by atoms with Gasteiger partial charge in [-0.25, -0.2) is 19.9 Å². The summed E-state index contributed by atoms with van der Waals surface area (Å²) >= 11 is 0. The standard InChI is InChI=1S/C71H66N10O.C4H6O4.C2H4O2.2Cu/c1-5-51-25-33-55(34-26-51)41-78-64-21-13-9-17-60(64)72-68(78)47-76(48-69-73-61-18-10-14-22-65(61)79(69)42-56-35-27-52(6-2)28-36-56)45-59(82)46-77(49-70-74-62-19-11-15-23-66(62)80(70)43-57-37-29-53(7-3)30-38-57)50-71-75-63-20-12-16-24-67(63)81(71)44-58-39-31-54(8-4)32-40-58;1-3(5)6-4(2)7-8-4;1-2(3)4;;/h5-40,59,82H,1-4,41-50H2;1-2H3;1H3,(H,3,4);;/q;;;2*+1. The first kappa shape index (κ1) is 70.7. The fourth-order valence-corrected chi connectivity index (χ4v) is 11.6. The average molecular weight is 1380 g/mol. The molecule has 0 unspecified atom stereocenters. The van der Waals surface area contributed by atoms with E-state index in [9.17, 15) is 9.90 Å². The van der Waals surface area contributed by atoms with Crippen LogP contribution in [0.5, 0.6) is 0 Å². The van der Waals surface area contributed by atoms with Gasteiger partial charge in [0.15, 0.2) is 0 Å². The van der Waals surface area contributed by atoms with Crippen LogP contribution >= 0.6 is 0 Å². The van der Waals surface area contributed by atoms with Crippen LogP contribution in [-0.2, 0) is 111 Å². The van der Waals surface area contributed by atoms with Gasteiger partial charge in [-0.1, -0.05) is 196 Å². The molecule has 8 aromatic carbocycles. The number of rotatable bonds is 25. The molecular weight excluding hydrogens is 1300 g/mol. The molecule has 496 valence electrons. The molecule has 13 rings (SSSR count). The van der Waals surface area contributed by atoms with Gasteiger partial charge in [0.25, 0.3) is 5.97 Å². The van der Waals surface area contributed by atoms with Crippen LogP contribution in [0.4, 0.5) is 0 Å². The van der Waals surface area contributed by atoms with Crippen LogP contribution in [0, 0.1) is 0 Å². The Bertz CT molecular complexity index is 4110. The Morgan fingerprint density at radius 2 is 0.677 bits per heavy atom. The Morgan fingerprint density at radius 3 is 0.875 bits per heavy atom. The van der Waals surface area contributed by atoms with Crippen molar-refractivity contribution in [1.29, 1.82) is 0 Å². The molecule has 17 nitrogen and oxygen atoms in total. The van der Waals surface area contributed by atoms with Gasteiger partial charge in [0, 0.05) is 60.0 Å². The molecule has 12 aromatic rings. The van der Waals surface area contributed by atoms with Gasteiger partial charge in [0.1, 0.15) is 23.3 Å². The van der Waals surface area contributed by atoms with E-state index >= 15 is 0 Å². The zero-order valence-electron chi connectivity index (χ0n) is 53.8. The van der Waals surface area contributed by atoms with Crippen molar-refractivity contribution < 1.29 is 68.5 Å². The van der Waals surface area contributed by atoms with Crippen molar-refractivity contribution in [3.8, 4) is 0 Å². The number of imidazole rings is 4. The number of aliphatic hydroxyl groups is 1. The van der Waals surface area contributed by atoms with E-state index < -0.39 is 24.0 Å². The third-order valence-corrected chi connectivity index (χ3v) is 16.2. The number of fused-ring (bicyclic) bond motifs is 4. The number of aliphatic hydroxyl groups excluding tert-OH is 1. The zero-order valence-corrected chi connectivity index (χ0v) is 55.7. The third-order valence-electron chi connectivity index (χ3n) is 16.2. The van der Waals surface area contributed by atoms with Crippen molar-refractivity contribution in [2.75, 3.05) is 13.1 Å². The second-order valence-electron chi connectivity index (χ2n) is 23.3. The predicted molar refractivity (Wildman–Crippen MR) is 371 cm³/mol. The molecule has 0 bridgehead atoms. The van der Waals surface area contributed by atoms with E-state index in [1.165, 1.54) is 13.8 Å². The van der Waals surface area contributed by atoms with Crippen molar-refractivity contribution >= 4 is 80.4 Å². The first-order chi connectivity index (χ1) is 45.6. The summed E-state index contributed by atoms with van der Waals surface area (Å²) in [6.45, 7) is 24.7. The molecule has 1 aliphatic rings. The molecule has 1 saturated heterocycles. The van der Waals surface area contributed by atoms with Gasteiger partial charge in [-0.05, 0) is 93.0 Å². The monoisotopic (exact) mass is 1380 g/mol. The van der Waals surface area contributed by atoms with Crippen molar-refractivity contribution in [2.24, 2.45) is 0 Å². The Morgan fingerprint density at radius 1 is 0.448 bits per heavy atom. The van der Waals surface area contributed by atoms with E-state index in [0.29, 0.717) is 65.4 Å². The Kier molecular flexibility index (Phi) is 24.1. The normalized spacial score (nSPS) is 12.2. The van der Waals surface area contributed by atoms with E-state index in [2.05, 4.69) is 239 Å². The quantitative estimate of drug-likeness (QED) is 0.0238. The number of aromatic nitrogens is 8. The summed E-state index contributed by atoms with van der Waals surface area (Å²) in [6.07, 6.45) is 6.64. The average Bonchev–Trinajstić information content (AvgIpc) is 1.69. The molecule has 1 fully saturated rings. The maximum atomic E-state index is 13.1. The number of carbonyl (C=O) groups excluding carboxylic acids is 1. The summed E-state index contributed by atoms with van der Waals surface area (Å²) in [5, 5.41) is 20.5. The van der Waals surface area contributed by atoms with Crippen molar-refractivity contribution in [3.63, 3.8) is 0 Å². The number of carboxylic acid groups (broad SMARTS) is 1. The second-order valence-corrected chi connectivity index (χ2v) is 23.3. The SMILES string of the molecule is C=Cc1ccc(Cn2c(CN(Cc3nc4ccccc4n3Cc3ccc(C=C)cc3)CC(O)CN(Cc3nc4ccccc4n3Cc3ccc(C=C)cc3)Cc3nc4ccccc4n3Cc3ccc(C=C)cc3)nc3ccccc32)cc1.CC(=O)O.CC(=O)OC1(C)OO1.[Cu+].[Cu+]. The molecule has 96 heavy (non-hydrogen) atoms. The summed E-state index contributed by atoms with van der Waals surface area (Å²) in [4.78, 5) is 53.7. The van der Waals surface area contributed by atoms with Crippen LogP contribution in [0.15, 0.2) is 220 Å². The number of benzene rings is 8. The Hall–Kier alpha value is -9.62. The van der Waals surface area contributed by atoms with Crippen molar-refractivity contribution in [2.45, 2.75) is 85.2 Å². The predicted octanol–water partition coefficient (Wildman–Crippen LogP) is 14.2. The van der Waals surface area contributed by atoms with Gasteiger partial charge in [0.05, 0.1) is 76.4 Å². The van der Waals surface area contributed by atoms with Gasteiger partial charge < -0.3 is 33.2 Å². The molecular formula is C77H76Cu2N10O7+2. The van der Waals surface area contributed by atoms with Crippen molar-refractivity contribution in [1.82, 2.24) is 48.0 Å². The third kappa shape index (κ3) is 18.0. The summed E-state index contributed by atoms with van der Waals surface area (Å²) in [6, 6.07) is 67.5. The maximum absolute atomic E-state index is 13.1. The van der Waals surface area contributed by atoms with E-state index in [4.69, 9.17) is 29.8 Å². The second kappa shape index (κ2) is 32.7. The van der Waals surface area contributed by atoms with Crippen LogP contribution in [0.1, 0.15) is 88.6 Å². The number of esters is 1. The number of hydrogen-bond acceptors (Lipinski definition) is 12. The maximum Gasteiger partial charge on any atom is 1.00 e. The number of ether oxygens (including phenoxy) is 1. The Labute approximate surface area is 579 Å². The summed E-state index contributed by atoms with van der Waals surface area (Å²) < 4.78 is 13.7. The van der Waals surface area contributed by atoms with Gasteiger partial charge in [-0.15, -0.1) is 0 Å². The van der Waals surface area contributed by atoms with Crippen molar-refractivity contribution in [3.05, 3.63) is 288 Å². The van der Waals surface area contributed by atoms with Gasteiger partial charge >= 0.3 is 46.1 Å². The van der Waals surface area contributed by atoms with Gasteiger partial charge in [0.2, 0.25) is 0 Å². The number of para-hydroxylation sites is 8. The van der Waals surface area contributed by atoms with E-state index in [-0.39, 0.29) is 34.1 Å². The number of carboxylic acids is 1. The summed E-state index contributed by atoms with van der Waals surface area (Å²) in [5.74, 6) is 1.25. The molecule has 0 spiro atoms. The topological polar surface area (TPSA) is 187 Å². The minimum atomic E-state index is -1.08. The van der Waals surface area contributed by atoms with Crippen LogP contribution < -0.4 is 0 Å². The van der Waals surface area contributed by atoms with Gasteiger partial charge in [-0.3, -0.25) is 19.4 Å². The molecule has 0 amide bonds. The molecule has 19 heteroatoms. The molecule has 0 aliphatic carbocycles. The number of hydrogen-bond donors (Lipinski definition) is 2. The molecule has 2 N–H and O–H groups in total. The minimum absolute atomic E-state index is 0. The number of nitrogens with zero attached hydrogens (tertiary/aromatic N) is 10. The molecule has 0 atom stereocenters. The number of carbonyl (C=O) groups is 2. The molecule has 0 saturated carbocycles. The largest absolute Gasteiger partial charge is 1.00 e. The fraction of sp³-hybridized carbons (Fsp3) is 0.195. The first-order valence-corrected chi connectivity index (χ1v) is 31.1. The first-order valence-electron chi connectivity index (χ1n) is 31.1. The van der Waals surface area contributed by atoms with Crippen LogP contribution in [0.2, 0.25) is 0 Å². The van der Waals surface area contributed by atoms with E-state index in [1.807, 2.05) is 48.6 Å². The zero-order chi connectivity index (χ0) is 65.7.